The number of carboxylic acids is 1. The van der Waals surface area contributed by atoms with Crippen LogP contribution in [0.2, 0.25) is 0 Å². The number of carbonyl (C=O) groups excluding carboxylic acids is 12. The van der Waals surface area contributed by atoms with Crippen LogP contribution in [0.15, 0.2) is 99.2 Å². The van der Waals surface area contributed by atoms with Crippen LogP contribution in [0.1, 0.15) is 140 Å². The maximum absolute atomic E-state index is 13.5. The zero-order chi connectivity index (χ0) is 88.5. The molecule has 652 valence electrons. The van der Waals surface area contributed by atoms with Crippen LogP contribution in [-0.4, -0.2) is 272 Å². The van der Waals surface area contributed by atoms with Gasteiger partial charge in [-0.3, -0.25) is 29.2 Å². The number of nitrogens with two attached hydrogens (primary N) is 1. The molecule has 10 atom stereocenters. The monoisotopic (exact) mass is 1650 g/mol. The number of carboxylic acid groups (broad SMARTS) is 1. The van der Waals surface area contributed by atoms with Gasteiger partial charge in [-0.15, -0.1) is 0 Å². The molecular weight excluding hydrogens is 1520 g/mol. The lowest BCUT2D eigenvalue weighted by molar-refractivity contribution is -0.146. The van der Waals surface area contributed by atoms with Crippen molar-refractivity contribution in [2.75, 3.05) is 96.3 Å². The van der Waals surface area contributed by atoms with Crippen LogP contribution in [0.3, 0.4) is 0 Å². The number of likely N-dealkylation sites (tertiary alicyclic amines) is 4. The van der Waals surface area contributed by atoms with Crippen LogP contribution in [0.5, 0.6) is 0 Å². The molecule has 0 aromatic heterocycles. The van der Waals surface area contributed by atoms with Crippen molar-refractivity contribution >= 4 is 89.8 Å². The summed E-state index contributed by atoms with van der Waals surface area (Å²) in [4.78, 5) is 165. The Bertz CT molecular complexity index is 3740. The zero-order valence-electron chi connectivity index (χ0n) is 70.9. The molecule has 2 aromatic rings. The molecule has 5 saturated heterocycles. The van der Waals surface area contributed by atoms with E-state index in [2.05, 4.69) is 57.6 Å². The predicted octanol–water partition coefficient (Wildman–Crippen LogP) is 8.94. The number of alkyl carbamates (subject to hydrolysis) is 4. The summed E-state index contributed by atoms with van der Waals surface area (Å²) in [5.41, 5.74) is 6.84. The Kier molecular flexibility index (Phi) is 40.3. The fourth-order valence-corrected chi connectivity index (χ4v) is 12.3. The minimum absolute atomic E-state index is 0.0202. The molecule has 8 N–H and O–H groups in total. The topological polar surface area (TPSA) is 440 Å². The van der Waals surface area contributed by atoms with E-state index in [4.69, 9.17) is 48.4 Å². The van der Waals surface area contributed by atoms with Gasteiger partial charge in [-0.1, -0.05) is 74.9 Å². The number of carbonyl (C=O) groups is 13. The summed E-state index contributed by atoms with van der Waals surface area (Å²) in [5, 5.41) is 23.0. The minimum Gasteiger partial charge on any atom is -0.480 e. The number of hydrogen-bond acceptors (Lipinski definition) is 25. The van der Waals surface area contributed by atoms with E-state index in [9.17, 15) is 67.4 Å². The third kappa shape index (κ3) is 35.1. The normalized spacial score (nSPS) is 20.5. The number of nitrogens with zero attached hydrogens (tertiary/aromatic N) is 6. The van der Waals surface area contributed by atoms with E-state index < -0.39 is 131 Å². The fourth-order valence-electron chi connectivity index (χ4n) is 12.3. The van der Waals surface area contributed by atoms with Gasteiger partial charge in [0.2, 0.25) is 11.8 Å². The second-order valence-corrected chi connectivity index (χ2v) is 31.6. The first-order chi connectivity index (χ1) is 54.6. The highest BCUT2D eigenvalue weighted by atomic mass is 16.6. The Hall–Kier alpha value is -11.2. The zero-order valence-corrected chi connectivity index (χ0v) is 70.9. The van der Waals surface area contributed by atoms with Crippen molar-refractivity contribution in [2.24, 2.45) is 5.73 Å². The first-order valence-electron chi connectivity index (χ1n) is 38.4. The van der Waals surface area contributed by atoms with Gasteiger partial charge in [0.25, 0.3) is 0 Å². The third-order valence-corrected chi connectivity index (χ3v) is 17.1. The smallest absolute Gasteiger partial charge is 0.411 e. The van der Waals surface area contributed by atoms with Crippen LogP contribution in [0, 0.1) is 13.8 Å². The van der Waals surface area contributed by atoms with E-state index in [1.54, 1.807) is 92.9 Å². The van der Waals surface area contributed by atoms with E-state index in [1.165, 1.54) is 53.2 Å². The van der Waals surface area contributed by atoms with Crippen molar-refractivity contribution in [3.05, 3.63) is 110 Å². The van der Waals surface area contributed by atoms with Crippen LogP contribution in [-0.2, 0) is 71.3 Å². The number of rotatable bonds is 21. The van der Waals surface area contributed by atoms with E-state index >= 15 is 0 Å². The second kappa shape index (κ2) is 47.1. The van der Waals surface area contributed by atoms with E-state index in [-0.39, 0.29) is 95.3 Å². The lowest BCUT2D eigenvalue weighted by Gasteiger charge is -2.31. The molecule has 36 nitrogen and oxygen atoms in total. The van der Waals surface area contributed by atoms with Crippen molar-refractivity contribution in [3.8, 4) is 0 Å². The predicted molar refractivity (Wildman–Crippen MR) is 434 cm³/mol. The molecular formula is C81H124N12O24. The number of amides is 10. The molecule has 0 aliphatic carbocycles. The van der Waals surface area contributed by atoms with Gasteiger partial charge in [0.15, 0.2) is 0 Å². The molecule has 2 aromatic carbocycles. The number of aryl methyl sites for hydroxylation is 2. The number of ether oxygens (including phenoxy) is 10. The summed E-state index contributed by atoms with van der Waals surface area (Å²) < 4.78 is 50.1. The summed E-state index contributed by atoms with van der Waals surface area (Å²) >= 11 is 0. The van der Waals surface area contributed by atoms with Crippen LogP contribution in [0.4, 0.5) is 49.7 Å². The van der Waals surface area contributed by atoms with E-state index in [1.807, 2.05) is 76.2 Å². The van der Waals surface area contributed by atoms with Crippen molar-refractivity contribution in [1.29, 1.82) is 0 Å². The number of benzene rings is 2. The summed E-state index contributed by atoms with van der Waals surface area (Å²) in [5.74, 6) is -2.35. The SMILES string of the molecule is C=CCOC(=O)N[C@@H]1CN[C@H](C(=O)N(CC)c2cccc(C)c2)C1.C=CCOC(=O)N[C@H]1C[C@@H](C(=O)N(CC)c2cccc(C)c2)N(C(=O)OC(C)(C)C)C1.C=CCOC(=O)N[C@H]1C[C@@H](C(=O)O)N(C(=O)OC(C)(C)C)C1.C=CCOC(=O)N[C@H]1C[C@@H](C(=O)OC)N(C(=O)OC(C)(C)C)C1.COC(=O)[C@@H]1C[C@H](N)CN1C(=O)OC(C)(C)C. The summed E-state index contributed by atoms with van der Waals surface area (Å²) in [7, 11) is 2.54. The quantitative estimate of drug-likeness (QED) is 0.0348. The van der Waals surface area contributed by atoms with Crippen molar-refractivity contribution in [3.63, 3.8) is 0 Å². The van der Waals surface area contributed by atoms with Crippen LogP contribution >= 0.6 is 0 Å². The second-order valence-electron chi connectivity index (χ2n) is 31.6. The fraction of sp³-hybridized carbons (Fsp3) is 0.593. The number of esters is 2. The Morgan fingerprint density at radius 3 is 1.09 bits per heavy atom. The lowest BCUT2D eigenvalue weighted by Crippen LogP contribution is -2.49. The van der Waals surface area contributed by atoms with Gasteiger partial charge in [-0.05, 0) is 165 Å². The molecule has 117 heavy (non-hydrogen) atoms. The standard InChI is InChI=1S/C23H33N3O5.C18H25N3O3.C15H24N2O6.C14H22N2O6.C11H20N2O4/c1-7-12-30-21(28)24-17-14-19(26(15-17)22(29)31-23(4,5)6)20(27)25(8-2)18-11-9-10-16(3)13-18;1-4-9-24-18(23)20-14-11-16(19-12-14)17(22)21(5-2)15-8-6-7-13(3)10-15;1-6-7-22-13(19)16-10-8-11(12(18)21-5)17(9-10)14(20)23-15(2,3)4;1-5-6-21-12(19)15-9-7-10(11(17)18)16(8-9)13(20)22-14(2,3)4;1-11(2,3)17-10(15)13-6-7(12)5-8(13)9(14)16-4/h7,9-11,13,17,19H,1,8,12,14-15H2,2-6H3,(H,24,28);4,6-8,10,14,16,19H,1,5,9,11-12H2,2-3H3,(H,20,23);6,10-11H,1,7-9H2,2-5H3,(H,16,19);5,9-10H,1,6-8H2,2-4H3,(H,15,19)(H,17,18);7-8H,5-6,12H2,1-4H3/t17-,19-;14-,16-;10-,11-;9-,10-;7-,8-/m00000/s1. The molecule has 5 fully saturated rings. The average molecular weight is 1650 g/mol. The Morgan fingerprint density at radius 1 is 0.462 bits per heavy atom. The number of methoxy groups -OCH3 is 2. The van der Waals surface area contributed by atoms with Crippen LogP contribution in [0.25, 0.3) is 0 Å². The Balaban J connectivity index is 0.000000383. The van der Waals surface area contributed by atoms with Gasteiger partial charge in [0.1, 0.15) is 73.0 Å². The number of aliphatic carboxylic acids is 1. The maximum Gasteiger partial charge on any atom is 0.411 e. The summed E-state index contributed by atoms with van der Waals surface area (Å²) in [6.45, 7) is 45.2. The van der Waals surface area contributed by atoms with Crippen molar-refractivity contribution in [2.45, 2.75) is 226 Å². The summed E-state index contributed by atoms with van der Waals surface area (Å²) in [6.07, 6.45) is 2.51. The summed E-state index contributed by atoms with van der Waals surface area (Å²) in [6, 6.07) is 10.3. The van der Waals surface area contributed by atoms with E-state index in [0.29, 0.717) is 39.0 Å². The van der Waals surface area contributed by atoms with Gasteiger partial charge in [0, 0.05) is 82.1 Å². The largest absolute Gasteiger partial charge is 0.480 e. The first kappa shape index (κ1) is 100. The highest BCUT2D eigenvalue weighted by Crippen LogP contribution is 2.29. The minimum atomic E-state index is -1.14. The van der Waals surface area contributed by atoms with Gasteiger partial charge in [0.05, 0.1) is 38.4 Å². The van der Waals surface area contributed by atoms with Crippen molar-refractivity contribution < 1.29 is 115 Å². The first-order valence-corrected chi connectivity index (χ1v) is 38.4. The molecule has 5 heterocycles. The Morgan fingerprint density at radius 2 is 0.769 bits per heavy atom. The number of likely N-dealkylation sites (N-methyl/N-ethyl adjacent to an activating group) is 2. The van der Waals surface area contributed by atoms with Gasteiger partial charge in [-0.2, -0.15) is 0 Å². The van der Waals surface area contributed by atoms with Gasteiger partial charge in [-0.25, -0.2) is 52.7 Å². The molecule has 5 aliphatic rings. The van der Waals surface area contributed by atoms with Gasteiger partial charge < -0.3 is 94.6 Å². The highest BCUT2D eigenvalue weighted by molar-refractivity contribution is 6.00. The molecule has 36 heteroatoms. The third-order valence-electron chi connectivity index (χ3n) is 17.1. The molecule has 10 amide bonds. The van der Waals surface area contributed by atoms with Crippen molar-refractivity contribution in [1.82, 2.24) is 46.2 Å². The molecule has 0 bridgehead atoms. The van der Waals surface area contributed by atoms with E-state index in [0.717, 1.165) is 27.4 Å². The lowest BCUT2D eigenvalue weighted by atomic mass is 10.1. The molecule has 0 radical (unpaired) electrons. The molecule has 0 unspecified atom stereocenters. The Labute approximate surface area is 686 Å². The molecule has 0 saturated carbocycles. The number of nitrogens with one attached hydrogen (secondary N) is 5. The van der Waals surface area contributed by atoms with Gasteiger partial charge >= 0.3 is 66.7 Å². The maximum atomic E-state index is 13.5. The molecule has 7 rings (SSSR count). The highest BCUT2D eigenvalue weighted by Gasteiger charge is 2.47. The number of anilines is 2. The number of hydrogen-bond donors (Lipinski definition) is 7. The molecule has 0 spiro atoms. The average Bonchev–Trinajstić information content (AvgIpc) is 1.70. The van der Waals surface area contributed by atoms with Crippen LogP contribution < -0.4 is 42.1 Å². The molecule has 5 aliphatic heterocycles.